The number of aromatic nitrogens is 1. The minimum absolute atomic E-state index is 0.0610. The molecule has 0 saturated heterocycles. The van der Waals surface area contributed by atoms with Crippen LogP contribution in [-0.2, 0) is 6.54 Å². The van der Waals surface area contributed by atoms with Crippen molar-refractivity contribution in [2.45, 2.75) is 32.4 Å². The third kappa shape index (κ3) is 5.84. The van der Waals surface area contributed by atoms with Gasteiger partial charge in [0.05, 0.1) is 12.8 Å². The smallest absolute Gasteiger partial charge is 0.264 e. The van der Waals surface area contributed by atoms with Gasteiger partial charge in [-0.25, -0.2) is 9.37 Å². The molecular weight excluding hydrogens is 503 g/mol. The van der Waals surface area contributed by atoms with Gasteiger partial charge in [0.15, 0.2) is 16.7 Å². The van der Waals surface area contributed by atoms with Crippen LogP contribution < -0.4 is 20.7 Å². The zero-order valence-electron chi connectivity index (χ0n) is 21.0. The van der Waals surface area contributed by atoms with E-state index in [1.165, 1.54) is 30.6 Å². The molecule has 5 rings (SSSR count). The van der Waals surface area contributed by atoms with E-state index in [0.717, 1.165) is 24.0 Å². The fraction of sp³-hybridized carbons (Fsp3) is 0.207. The lowest BCUT2D eigenvalue weighted by atomic mass is 10.1. The minimum Gasteiger partial charge on any atom is -0.494 e. The number of aryl methyl sites for hydroxylation is 1. The molecule has 0 atom stereocenters. The quantitative estimate of drug-likeness (QED) is 0.253. The van der Waals surface area contributed by atoms with Gasteiger partial charge in [-0.3, -0.25) is 9.59 Å². The third-order valence-corrected chi connectivity index (χ3v) is 7.18. The van der Waals surface area contributed by atoms with Gasteiger partial charge in [0, 0.05) is 29.4 Å². The number of halogens is 1. The molecule has 3 aromatic carbocycles. The van der Waals surface area contributed by atoms with Crippen molar-refractivity contribution >= 4 is 34.0 Å². The third-order valence-electron chi connectivity index (χ3n) is 6.21. The second-order valence-electron chi connectivity index (χ2n) is 9.12. The van der Waals surface area contributed by atoms with Crippen LogP contribution in [0.1, 0.15) is 44.0 Å². The Morgan fingerprint density at radius 2 is 1.84 bits per heavy atom. The average Bonchev–Trinajstić information content (AvgIpc) is 3.65. The summed E-state index contributed by atoms with van der Waals surface area (Å²) in [5.41, 5.74) is 4.09. The summed E-state index contributed by atoms with van der Waals surface area (Å²) in [6, 6.07) is 19.7. The monoisotopic (exact) mass is 530 g/mol. The molecule has 38 heavy (non-hydrogen) atoms. The highest BCUT2D eigenvalue weighted by molar-refractivity contribution is 7.18. The van der Waals surface area contributed by atoms with E-state index in [1.54, 1.807) is 18.2 Å². The van der Waals surface area contributed by atoms with Crippen LogP contribution in [0.4, 0.5) is 15.2 Å². The van der Waals surface area contributed by atoms with Crippen LogP contribution in [0.2, 0.25) is 0 Å². The Kier molecular flexibility index (Phi) is 7.37. The lowest BCUT2D eigenvalue weighted by Gasteiger charge is -2.10. The second kappa shape index (κ2) is 11.0. The highest BCUT2D eigenvalue weighted by Crippen LogP contribution is 2.35. The van der Waals surface area contributed by atoms with Crippen molar-refractivity contribution in [3.8, 4) is 17.0 Å². The zero-order valence-corrected chi connectivity index (χ0v) is 21.8. The van der Waals surface area contributed by atoms with E-state index in [9.17, 15) is 14.0 Å². The van der Waals surface area contributed by atoms with Gasteiger partial charge in [-0.1, -0.05) is 47.7 Å². The zero-order chi connectivity index (χ0) is 26.6. The molecule has 1 aromatic heterocycles. The molecule has 1 heterocycles. The van der Waals surface area contributed by atoms with Crippen LogP contribution in [0.5, 0.6) is 5.75 Å². The van der Waals surface area contributed by atoms with Crippen LogP contribution in [0.15, 0.2) is 66.7 Å². The van der Waals surface area contributed by atoms with Gasteiger partial charge in [0.25, 0.3) is 11.8 Å². The van der Waals surface area contributed by atoms with Gasteiger partial charge >= 0.3 is 0 Å². The highest BCUT2D eigenvalue weighted by atomic mass is 32.1. The van der Waals surface area contributed by atoms with Gasteiger partial charge in [0.1, 0.15) is 4.88 Å². The Bertz CT molecular complexity index is 1480. The fourth-order valence-corrected chi connectivity index (χ4v) is 4.81. The molecule has 3 N–H and O–H groups in total. The van der Waals surface area contributed by atoms with E-state index in [0.29, 0.717) is 39.1 Å². The molecule has 194 valence electrons. The summed E-state index contributed by atoms with van der Waals surface area (Å²) in [7, 11) is 1.39. The first-order valence-electron chi connectivity index (χ1n) is 12.3. The number of amides is 2. The Morgan fingerprint density at radius 3 is 2.58 bits per heavy atom. The van der Waals surface area contributed by atoms with Gasteiger partial charge in [-0.2, -0.15) is 0 Å². The van der Waals surface area contributed by atoms with E-state index in [4.69, 9.17) is 9.72 Å². The van der Waals surface area contributed by atoms with Gasteiger partial charge in [-0.15, -0.1) is 0 Å². The van der Waals surface area contributed by atoms with Crippen molar-refractivity contribution in [2.24, 2.45) is 0 Å². The minimum atomic E-state index is -0.503. The summed E-state index contributed by atoms with van der Waals surface area (Å²) in [4.78, 5) is 30.9. The van der Waals surface area contributed by atoms with E-state index in [-0.39, 0.29) is 23.6 Å². The summed E-state index contributed by atoms with van der Waals surface area (Å²) in [6.07, 6.45) is 2.02. The second-order valence-corrected chi connectivity index (χ2v) is 10.1. The maximum atomic E-state index is 14.1. The average molecular weight is 531 g/mol. The Morgan fingerprint density at radius 1 is 1.05 bits per heavy atom. The number of hydrogen-bond acceptors (Lipinski definition) is 6. The van der Waals surface area contributed by atoms with Gasteiger partial charge < -0.3 is 20.7 Å². The normalized spacial score (nSPS) is 12.6. The molecule has 1 aliphatic carbocycles. The number of carbonyl (C=O) groups excluding carboxylic acids is 2. The molecule has 2 amide bonds. The molecule has 7 nitrogen and oxygen atoms in total. The lowest BCUT2D eigenvalue weighted by molar-refractivity contribution is 0.0944. The molecule has 0 aliphatic heterocycles. The number of methoxy groups -OCH3 is 1. The fourth-order valence-electron chi connectivity index (χ4n) is 3.90. The molecule has 1 aliphatic rings. The van der Waals surface area contributed by atoms with Crippen molar-refractivity contribution in [1.29, 1.82) is 0 Å². The molecule has 0 bridgehead atoms. The number of nitrogens with zero attached hydrogens (tertiary/aromatic N) is 1. The van der Waals surface area contributed by atoms with E-state index >= 15 is 0 Å². The number of ether oxygens (including phenoxy) is 1. The molecule has 0 spiro atoms. The van der Waals surface area contributed by atoms with Crippen molar-refractivity contribution in [3.63, 3.8) is 0 Å². The number of nitrogens with one attached hydrogen (secondary N) is 3. The SMILES string of the molecule is COc1cc(-c2nc(Nc3cc(C(=O)NC4CC4)ccc3C)sc2C(=O)NCc2ccccc2)ccc1F. The highest BCUT2D eigenvalue weighted by Gasteiger charge is 2.24. The summed E-state index contributed by atoms with van der Waals surface area (Å²) >= 11 is 1.18. The maximum Gasteiger partial charge on any atom is 0.264 e. The first-order chi connectivity index (χ1) is 18.4. The van der Waals surface area contributed by atoms with E-state index < -0.39 is 5.82 Å². The van der Waals surface area contributed by atoms with E-state index in [1.807, 2.05) is 43.3 Å². The topological polar surface area (TPSA) is 92.3 Å². The van der Waals surface area contributed by atoms with Crippen LogP contribution in [0, 0.1) is 12.7 Å². The molecule has 9 heteroatoms. The lowest BCUT2D eigenvalue weighted by Crippen LogP contribution is -2.25. The molecule has 1 fully saturated rings. The Labute approximate surface area is 224 Å². The predicted molar refractivity (Wildman–Crippen MR) is 147 cm³/mol. The standard InChI is InChI=1S/C29H27FN4O3S/c1-17-8-9-20(27(35)32-21-11-12-21)14-23(17)33-29-34-25(19-10-13-22(30)24(15-19)37-2)26(38-29)28(36)31-16-18-6-4-3-5-7-18/h3-10,13-15,21H,11-12,16H2,1-2H3,(H,31,36)(H,32,35)(H,33,34). The van der Waals surface area contributed by atoms with Crippen molar-refractivity contribution in [1.82, 2.24) is 15.6 Å². The van der Waals surface area contributed by atoms with Crippen molar-refractivity contribution in [3.05, 3.63) is 94.1 Å². The predicted octanol–water partition coefficient (Wildman–Crippen LogP) is 5.83. The Hall–Kier alpha value is -4.24. The number of rotatable bonds is 9. The molecule has 0 unspecified atom stereocenters. The van der Waals surface area contributed by atoms with Gasteiger partial charge in [0.2, 0.25) is 0 Å². The van der Waals surface area contributed by atoms with Crippen molar-refractivity contribution in [2.75, 3.05) is 12.4 Å². The number of carbonyl (C=O) groups is 2. The van der Waals surface area contributed by atoms with E-state index in [2.05, 4.69) is 16.0 Å². The summed E-state index contributed by atoms with van der Waals surface area (Å²) in [6.45, 7) is 2.28. The van der Waals surface area contributed by atoms with Crippen LogP contribution in [-0.4, -0.2) is 29.9 Å². The summed E-state index contributed by atoms with van der Waals surface area (Å²) in [5, 5.41) is 9.69. The van der Waals surface area contributed by atoms with Crippen LogP contribution in [0.25, 0.3) is 11.3 Å². The molecule has 1 saturated carbocycles. The number of thiazole rings is 1. The molecular formula is C29H27FN4O3S. The number of benzene rings is 3. The molecule has 4 aromatic rings. The van der Waals surface area contributed by atoms with Gasteiger partial charge in [-0.05, 0) is 61.2 Å². The molecule has 0 radical (unpaired) electrons. The van der Waals surface area contributed by atoms with Crippen LogP contribution in [0.3, 0.4) is 0 Å². The number of hydrogen-bond donors (Lipinski definition) is 3. The first-order valence-corrected chi connectivity index (χ1v) is 13.1. The summed E-state index contributed by atoms with van der Waals surface area (Å²) < 4.78 is 19.3. The summed E-state index contributed by atoms with van der Waals surface area (Å²) in [5.74, 6) is -0.857. The largest absolute Gasteiger partial charge is 0.494 e. The van der Waals surface area contributed by atoms with Crippen LogP contribution >= 0.6 is 11.3 Å². The Balaban J connectivity index is 1.46. The first kappa shape index (κ1) is 25.4. The number of anilines is 2. The maximum absolute atomic E-state index is 14.1. The van der Waals surface area contributed by atoms with Crippen molar-refractivity contribution < 1.29 is 18.7 Å².